The number of aromatic nitrogens is 1. The van der Waals surface area contributed by atoms with E-state index in [2.05, 4.69) is 34.6 Å². The van der Waals surface area contributed by atoms with Crippen LogP contribution in [0.1, 0.15) is 18.4 Å². The molecule has 0 aliphatic carbocycles. The van der Waals surface area contributed by atoms with E-state index in [0.717, 1.165) is 25.9 Å². The molecule has 0 unspecified atom stereocenters. The zero-order valence-corrected chi connectivity index (χ0v) is 9.37. The first-order valence-electron chi connectivity index (χ1n) is 5.78. The molecule has 0 fully saturated rings. The lowest BCUT2D eigenvalue weighted by Gasteiger charge is -2.05. The number of aliphatic hydroxyl groups excluding tert-OH is 1. The number of rotatable bonds is 6. The van der Waals surface area contributed by atoms with Crippen LogP contribution in [0.2, 0.25) is 0 Å². The van der Waals surface area contributed by atoms with Crippen molar-refractivity contribution in [3.8, 4) is 0 Å². The molecule has 0 aliphatic rings. The zero-order chi connectivity index (χ0) is 11.2. The zero-order valence-electron chi connectivity index (χ0n) is 9.37. The summed E-state index contributed by atoms with van der Waals surface area (Å²) in [6.07, 6.45) is 3.87. The summed E-state index contributed by atoms with van der Waals surface area (Å²) in [6.45, 7) is 2.12. The molecule has 0 saturated carbocycles. The molecule has 0 bridgehead atoms. The van der Waals surface area contributed by atoms with E-state index >= 15 is 0 Å². The number of fused-ring (bicyclic) bond motifs is 1. The van der Waals surface area contributed by atoms with Gasteiger partial charge in [-0.2, -0.15) is 0 Å². The fraction of sp³-hybridized carbons (Fsp3) is 0.385. The van der Waals surface area contributed by atoms with E-state index < -0.39 is 0 Å². The lowest BCUT2D eigenvalue weighted by atomic mass is 10.1. The van der Waals surface area contributed by atoms with Crippen LogP contribution in [0, 0.1) is 0 Å². The molecule has 2 aromatic rings. The van der Waals surface area contributed by atoms with Gasteiger partial charge in [0.05, 0.1) is 0 Å². The number of benzene rings is 1. The van der Waals surface area contributed by atoms with Crippen LogP contribution in [0.15, 0.2) is 30.5 Å². The van der Waals surface area contributed by atoms with E-state index in [1.165, 1.54) is 16.5 Å². The molecule has 3 nitrogen and oxygen atoms in total. The van der Waals surface area contributed by atoms with Crippen molar-refractivity contribution in [3.05, 3.63) is 36.0 Å². The van der Waals surface area contributed by atoms with Crippen LogP contribution >= 0.6 is 0 Å². The number of hydrogen-bond donors (Lipinski definition) is 3. The minimum atomic E-state index is 0.286. The van der Waals surface area contributed by atoms with E-state index in [4.69, 9.17) is 5.11 Å². The van der Waals surface area contributed by atoms with Gasteiger partial charge < -0.3 is 15.4 Å². The van der Waals surface area contributed by atoms with Crippen molar-refractivity contribution < 1.29 is 5.11 Å². The van der Waals surface area contributed by atoms with Gasteiger partial charge in [-0.3, -0.25) is 0 Å². The molecule has 3 heteroatoms. The predicted octanol–water partition coefficient (Wildman–Crippen LogP) is 2.03. The minimum Gasteiger partial charge on any atom is -0.396 e. The van der Waals surface area contributed by atoms with E-state index in [0.29, 0.717) is 0 Å². The Labute approximate surface area is 95.5 Å². The van der Waals surface area contributed by atoms with Gasteiger partial charge in [-0.05, 0) is 36.4 Å². The highest BCUT2D eigenvalue weighted by Crippen LogP contribution is 2.16. The van der Waals surface area contributed by atoms with Crippen molar-refractivity contribution >= 4 is 10.9 Å². The third-order valence-electron chi connectivity index (χ3n) is 2.75. The maximum absolute atomic E-state index is 8.66. The molecule has 0 saturated heterocycles. The van der Waals surface area contributed by atoms with Crippen molar-refractivity contribution in [1.82, 2.24) is 10.3 Å². The quantitative estimate of drug-likeness (QED) is 0.650. The van der Waals surface area contributed by atoms with Crippen LogP contribution in [0.3, 0.4) is 0 Å². The van der Waals surface area contributed by atoms with Gasteiger partial charge in [0.15, 0.2) is 0 Å². The van der Waals surface area contributed by atoms with Gasteiger partial charge in [0.2, 0.25) is 0 Å². The SMILES string of the molecule is OCCCCNCc1cccc2cc[nH]c12. The number of nitrogens with one attached hydrogen (secondary N) is 2. The second-order valence-electron chi connectivity index (χ2n) is 3.97. The Bertz CT molecular complexity index is 436. The van der Waals surface area contributed by atoms with Crippen LogP contribution in [0.5, 0.6) is 0 Å². The molecular formula is C13H18N2O. The highest BCUT2D eigenvalue weighted by Gasteiger charge is 2.00. The topological polar surface area (TPSA) is 48.0 Å². The Hall–Kier alpha value is -1.32. The highest BCUT2D eigenvalue weighted by atomic mass is 16.2. The fourth-order valence-corrected chi connectivity index (χ4v) is 1.88. The second-order valence-corrected chi connectivity index (χ2v) is 3.97. The van der Waals surface area contributed by atoms with Crippen LogP contribution < -0.4 is 5.32 Å². The second kappa shape index (κ2) is 5.68. The summed E-state index contributed by atoms with van der Waals surface area (Å²) < 4.78 is 0. The molecule has 0 radical (unpaired) electrons. The number of para-hydroxylation sites is 1. The molecule has 0 atom stereocenters. The van der Waals surface area contributed by atoms with E-state index in [1.54, 1.807) is 0 Å². The molecule has 2 rings (SSSR count). The Morgan fingerprint density at radius 1 is 1.19 bits per heavy atom. The molecular weight excluding hydrogens is 200 g/mol. The number of unbranched alkanes of at least 4 members (excludes halogenated alkanes) is 1. The largest absolute Gasteiger partial charge is 0.396 e. The Morgan fingerprint density at radius 2 is 2.12 bits per heavy atom. The fourth-order valence-electron chi connectivity index (χ4n) is 1.88. The maximum atomic E-state index is 8.66. The van der Waals surface area contributed by atoms with Crippen molar-refractivity contribution in [1.29, 1.82) is 0 Å². The molecule has 1 aromatic carbocycles. The third-order valence-corrected chi connectivity index (χ3v) is 2.75. The molecule has 3 N–H and O–H groups in total. The summed E-state index contributed by atoms with van der Waals surface area (Å²) in [5.41, 5.74) is 2.52. The lowest BCUT2D eigenvalue weighted by molar-refractivity contribution is 0.283. The van der Waals surface area contributed by atoms with E-state index in [1.807, 2.05) is 6.20 Å². The number of aliphatic hydroxyl groups is 1. The van der Waals surface area contributed by atoms with E-state index in [-0.39, 0.29) is 6.61 Å². The first-order chi connectivity index (χ1) is 7.92. The number of aromatic amines is 1. The van der Waals surface area contributed by atoms with Gasteiger partial charge in [0.25, 0.3) is 0 Å². The first-order valence-corrected chi connectivity index (χ1v) is 5.78. The summed E-state index contributed by atoms with van der Waals surface area (Å²) in [5.74, 6) is 0. The standard InChI is InChI=1S/C13H18N2O/c16-9-2-1-7-14-10-12-5-3-4-11-6-8-15-13(11)12/h3-6,8,14-16H,1-2,7,9-10H2. The van der Waals surface area contributed by atoms with Gasteiger partial charge in [-0.1, -0.05) is 18.2 Å². The summed E-state index contributed by atoms with van der Waals surface area (Å²) in [5, 5.41) is 13.3. The summed E-state index contributed by atoms with van der Waals surface area (Å²) in [6, 6.07) is 8.42. The van der Waals surface area contributed by atoms with Crippen LogP contribution in [0.25, 0.3) is 10.9 Å². The molecule has 0 spiro atoms. The molecule has 0 amide bonds. The van der Waals surface area contributed by atoms with Crippen molar-refractivity contribution in [2.75, 3.05) is 13.2 Å². The Kier molecular flexibility index (Phi) is 3.97. The smallest absolute Gasteiger partial charge is 0.0499 e. The van der Waals surface area contributed by atoms with Crippen molar-refractivity contribution in [3.63, 3.8) is 0 Å². The summed E-state index contributed by atoms with van der Waals surface area (Å²) in [7, 11) is 0. The molecule has 86 valence electrons. The normalized spacial score (nSPS) is 11.1. The summed E-state index contributed by atoms with van der Waals surface area (Å²) in [4.78, 5) is 3.26. The first kappa shape index (κ1) is 11.2. The van der Waals surface area contributed by atoms with Gasteiger partial charge in [-0.15, -0.1) is 0 Å². The van der Waals surface area contributed by atoms with Crippen molar-refractivity contribution in [2.45, 2.75) is 19.4 Å². The molecule has 16 heavy (non-hydrogen) atoms. The van der Waals surface area contributed by atoms with E-state index in [9.17, 15) is 0 Å². The minimum absolute atomic E-state index is 0.286. The van der Waals surface area contributed by atoms with Gasteiger partial charge in [0, 0.05) is 24.9 Å². The third kappa shape index (κ3) is 2.62. The molecule has 1 aromatic heterocycles. The molecule has 1 heterocycles. The van der Waals surface area contributed by atoms with Crippen molar-refractivity contribution in [2.24, 2.45) is 0 Å². The average Bonchev–Trinajstić information content (AvgIpc) is 2.77. The highest BCUT2D eigenvalue weighted by molar-refractivity contribution is 5.82. The Balaban J connectivity index is 1.91. The summed E-state index contributed by atoms with van der Waals surface area (Å²) >= 11 is 0. The van der Waals surface area contributed by atoms with Crippen LogP contribution in [-0.2, 0) is 6.54 Å². The van der Waals surface area contributed by atoms with Crippen LogP contribution in [-0.4, -0.2) is 23.2 Å². The maximum Gasteiger partial charge on any atom is 0.0499 e. The monoisotopic (exact) mass is 218 g/mol. The van der Waals surface area contributed by atoms with Gasteiger partial charge >= 0.3 is 0 Å². The molecule has 0 aliphatic heterocycles. The predicted molar refractivity (Wildman–Crippen MR) is 66.3 cm³/mol. The lowest BCUT2D eigenvalue weighted by Crippen LogP contribution is -2.15. The number of H-pyrrole nitrogens is 1. The van der Waals surface area contributed by atoms with Gasteiger partial charge in [-0.25, -0.2) is 0 Å². The van der Waals surface area contributed by atoms with Crippen LogP contribution in [0.4, 0.5) is 0 Å². The average molecular weight is 218 g/mol. The van der Waals surface area contributed by atoms with Gasteiger partial charge in [0.1, 0.15) is 0 Å². The number of hydrogen-bond acceptors (Lipinski definition) is 2. The Morgan fingerprint density at radius 3 is 3.00 bits per heavy atom.